The number of carbonyl (C=O) groups excluding carboxylic acids is 2. The molecule has 4 rings (SSSR count). The van der Waals surface area contributed by atoms with E-state index in [2.05, 4.69) is 24.0 Å². The zero-order valence-electron chi connectivity index (χ0n) is 19.9. The van der Waals surface area contributed by atoms with Crippen molar-refractivity contribution >= 4 is 11.8 Å². The smallest absolute Gasteiger partial charge is 0.228 e. The van der Waals surface area contributed by atoms with E-state index < -0.39 is 0 Å². The average molecular weight is 442 g/mol. The second-order valence-electron chi connectivity index (χ2n) is 10.1. The van der Waals surface area contributed by atoms with Crippen molar-refractivity contribution in [2.45, 2.75) is 58.4 Å². The van der Waals surface area contributed by atoms with Crippen molar-refractivity contribution in [3.05, 3.63) is 29.8 Å². The Morgan fingerprint density at radius 2 is 1.81 bits per heavy atom. The van der Waals surface area contributed by atoms with E-state index in [1.165, 1.54) is 5.56 Å². The molecule has 0 bridgehead atoms. The van der Waals surface area contributed by atoms with Gasteiger partial charge < -0.3 is 14.5 Å². The number of piperidine rings is 1. The van der Waals surface area contributed by atoms with Gasteiger partial charge in [-0.3, -0.25) is 14.5 Å². The van der Waals surface area contributed by atoms with Crippen LogP contribution in [0.2, 0.25) is 0 Å². The molecular weight excluding hydrogens is 402 g/mol. The maximum Gasteiger partial charge on any atom is 0.228 e. The van der Waals surface area contributed by atoms with Gasteiger partial charge in [-0.1, -0.05) is 31.5 Å². The number of benzene rings is 1. The number of hydrogen-bond donors (Lipinski definition) is 0. The van der Waals surface area contributed by atoms with Gasteiger partial charge in [0.1, 0.15) is 12.4 Å². The topological polar surface area (TPSA) is 53.1 Å². The fourth-order valence-electron chi connectivity index (χ4n) is 5.82. The maximum atomic E-state index is 13.1. The zero-order valence-corrected chi connectivity index (χ0v) is 19.9. The van der Waals surface area contributed by atoms with Crippen molar-refractivity contribution in [1.29, 1.82) is 0 Å². The van der Waals surface area contributed by atoms with Crippen LogP contribution in [0, 0.1) is 11.3 Å². The minimum atomic E-state index is -0.203. The molecule has 3 aliphatic heterocycles. The van der Waals surface area contributed by atoms with E-state index in [0.717, 1.165) is 77.0 Å². The van der Waals surface area contributed by atoms with E-state index >= 15 is 0 Å². The monoisotopic (exact) mass is 441 g/mol. The first kappa shape index (κ1) is 23.1. The van der Waals surface area contributed by atoms with Gasteiger partial charge >= 0.3 is 0 Å². The maximum absolute atomic E-state index is 13.1. The van der Waals surface area contributed by atoms with Crippen molar-refractivity contribution in [1.82, 2.24) is 14.7 Å². The lowest BCUT2D eigenvalue weighted by Gasteiger charge is -2.42. The minimum absolute atomic E-state index is 0.203. The molecule has 2 amide bonds. The third kappa shape index (κ3) is 5.11. The summed E-state index contributed by atoms with van der Waals surface area (Å²) in [5.74, 6) is 1.99. The number of para-hydroxylation sites is 1. The molecule has 3 fully saturated rings. The van der Waals surface area contributed by atoms with Gasteiger partial charge in [0.25, 0.3) is 0 Å². The molecule has 3 saturated heterocycles. The highest BCUT2D eigenvalue weighted by Crippen LogP contribution is 2.42. The van der Waals surface area contributed by atoms with Crippen LogP contribution in [0.3, 0.4) is 0 Å². The predicted octanol–water partition coefficient (Wildman–Crippen LogP) is 3.55. The van der Waals surface area contributed by atoms with E-state index in [1.807, 2.05) is 29.0 Å². The summed E-state index contributed by atoms with van der Waals surface area (Å²) in [7, 11) is 1.97. The van der Waals surface area contributed by atoms with Crippen molar-refractivity contribution in [2.24, 2.45) is 11.3 Å². The van der Waals surface area contributed by atoms with Crippen LogP contribution in [-0.2, 0) is 16.1 Å². The second-order valence-corrected chi connectivity index (χ2v) is 10.1. The third-order valence-electron chi connectivity index (χ3n) is 7.92. The fraction of sp³-hybridized carbons (Fsp3) is 0.692. The predicted molar refractivity (Wildman–Crippen MR) is 125 cm³/mol. The highest BCUT2D eigenvalue weighted by Gasteiger charge is 2.44. The lowest BCUT2D eigenvalue weighted by atomic mass is 9.69. The Bertz CT molecular complexity index is 805. The molecule has 0 aliphatic carbocycles. The molecule has 3 heterocycles. The Labute approximate surface area is 192 Å². The molecule has 3 aliphatic rings. The zero-order chi connectivity index (χ0) is 22.6. The fourth-order valence-corrected chi connectivity index (χ4v) is 5.82. The van der Waals surface area contributed by atoms with Crippen LogP contribution >= 0.6 is 0 Å². The van der Waals surface area contributed by atoms with E-state index in [1.54, 1.807) is 0 Å². The Hall–Kier alpha value is -2.08. The number of rotatable bonds is 7. The SMILES string of the molecule is CN1CCCC[C@@](C)(C2CCN(Cc3ccccc3OCCN3CCCC3=O)CC2)C1=O. The molecule has 32 heavy (non-hydrogen) atoms. The molecule has 0 aromatic heterocycles. The standard InChI is InChI=1S/C26H39N3O3/c1-26(13-5-6-14-27(2)25(26)31)22-11-16-28(17-12-22)20-21-8-3-4-9-23(21)32-19-18-29-15-7-10-24(29)30/h3-4,8-9,22H,5-7,10-20H2,1-2H3/t26-/m0/s1. The van der Waals surface area contributed by atoms with Crippen molar-refractivity contribution in [3.63, 3.8) is 0 Å². The second kappa shape index (κ2) is 10.2. The number of carbonyl (C=O) groups is 2. The van der Waals surface area contributed by atoms with Gasteiger partial charge in [-0.05, 0) is 57.2 Å². The summed E-state index contributed by atoms with van der Waals surface area (Å²) >= 11 is 0. The lowest BCUT2D eigenvalue weighted by Crippen LogP contribution is -2.47. The highest BCUT2D eigenvalue weighted by molar-refractivity contribution is 5.82. The number of ether oxygens (including phenoxy) is 1. The van der Waals surface area contributed by atoms with Crippen molar-refractivity contribution < 1.29 is 14.3 Å². The molecule has 1 aromatic rings. The van der Waals surface area contributed by atoms with Gasteiger partial charge in [-0.2, -0.15) is 0 Å². The van der Waals surface area contributed by atoms with Crippen LogP contribution in [0.15, 0.2) is 24.3 Å². The normalized spacial score (nSPS) is 25.9. The molecule has 6 nitrogen and oxygen atoms in total. The molecule has 0 spiro atoms. The summed E-state index contributed by atoms with van der Waals surface area (Å²) in [6.45, 7) is 8.09. The number of amides is 2. The minimum Gasteiger partial charge on any atom is -0.491 e. The summed E-state index contributed by atoms with van der Waals surface area (Å²) < 4.78 is 6.09. The molecule has 1 atom stereocenters. The van der Waals surface area contributed by atoms with E-state index in [-0.39, 0.29) is 11.3 Å². The molecular formula is C26H39N3O3. The molecule has 6 heteroatoms. The van der Waals surface area contributed by atoms with Crippen molar-refractivity contribution in [2.75, 3.05) is 46.4 Å². The Morgan fingerprint density at radius 1 is 1.03 bits per heavy atom. The first-order valence-electron chi connectivity index (χ1n) is 12.4. The Balaban J connectivity index is 1.30. The summed E-state index contributed by atoms with van der Waals surface area (Å²) in [6.07, 6.45) is 7.10. The summed E-state index contributed by atoms with van der Waals surface area (Å²) in [5, 5.41) is 0. The first-order valence-corrected chi connectivity index (χ1v) is 12.4. The van der Waals surface area contributed by atoms with Gasteiger partial charge in [0.05, 0.1) is 6.54 Å². The van der Waals surface area contributed by atoms with Crippen molar-refractivity contribution in [3.8, 4) is 5.75 Å². The summed E-state index contributed by atoms with van der Waals surface area (Å²) in [6, 6.07) is 8.27. The summed E-state index contributed by atoms with van der Waals surface area (Å²) in [4.78, 5) is 31.2. The largest absolute Gasteiger partial charge is 0.491 e. The number of nitrogens with zero attached hydrogens (tertiary/aromatic N) is 3. The molecule has 0 saturated carbocycles. The lowest BCUT2D eigenvalue weighted by molar-refractivity contribution is -0.143. The molecule has 1 aromatic carbocycles. The number of hydrogen-bond acceptors (Lipinski definition) is 4. The van der Waals surface area contributed by atoms with Gasteiger partial charge in [-0.15, -0.1) is 0 Å². The van der Waals surface area contributed by atoms with Crippen LogP contribution in [0.5, 0.6) is 5.75 Å². The molecule has 0 unspecified atom stereocenters. The van der Waals surface area contributed by atoms with Crippen LogP contribution in [0.25, 0.3) is 0 Å². The summed E-state index contributed by atoms with van der Waals surface area (Å²) in [5.41, 5.74) is 1.00. The van der Waals surface area contributed by atoms with Crippen LogP contribution in [0.1, 0.15) is 57.4 Å². The van der Waals surface area contributed by atoms with Crippen LogP contribution in [-0.4, -0.2) is 72.9 Å². The number of likely N-dealkylation sites (tertiary alicyclic amines) is 3. The van der Waals surface area contributed by atoms with Gasteiger partial charge in [0, 0.05) is 44.1 Å². The van der Waals surface area contributed by atoms with Crippen LogP contribution < -0.4 is 4.74 Å². The quantitative estimate of drug-likeness (QED) is 0.649. The van der Waals surface area contributed by atoms with E-state index in [0.29, 0.717) is 31.4 Å². The first-order chi connectivity index (χ1) is 15.5. The van der Waals surface area contributed by atoms with Crippen LogP contribution in [0.4, 0.5) is 0 Å². The molecule has 0 N–H and O–H groups in total. The average Bonchev–Trinajstić information content (AvgIpc) is 3.16. The molecule has 176 valence electrons. The van der Waals surface area contributed by atoms with Gasteiger partial charge in [0.15, 0.2) is 0 Å². The Kier molecular flexibility index (Phi) is 7.39. The molecule has 0 radical (unpaired) electrons. The highest BCUT2D eigenvalue weighted by atomic mass is 16.5. The van der Waals surface area contributed by atoms with Gasteiger partial charge in [0.2, 0.25) is 11.8 Å². The Morgan fingerprint density at radius 3 is 2.56 bits per heavy atom. The third-order valence-corrected chi connectivity index (χ3v) is 7.92. The van der Waals surface area contributed by atoms with E-state index in [9.17, 15) is 9.59 Å². The van der Waals surface area contributed by atoms with Gasteiger partial charge in [-0.25, -0.2) is 0 Å². The van der Waals surface area contributed by atoms with E-state index in [4.69, 9.17) is 4.74 Å².